The van der Waals surface area contributed by atoms with E-state index in [4.69, 9.17) is 80.5 Å². The minimum absolute atomic E-state index is 0.785. The van der Waals surface area contributed by atoms with Gasteiger partial charge < -0.3 is 224 Å². The summed E-state index contributed by atoms with van der Waals surface area (Å²) in [5.74, 6) is -3.58. The molecule has 9 aliphatic heterocycles. The Labute approximate surface area is 629 Å². The molecule has 0 bridgehead atoms. The molecule has 0 radical (unpaired) electrons. The van der Waals surface area contributed by atoms with Crippen LogP contribution in [0.15, 0.2) is 0 Å². The summed E-state index contributed by atoms with van der Waals surface area (Å²) in [6, 6.07) is -7.35. The summed E-state index contributed by atoms with van der Waals surface area (Å²) < 4.78 is 102. The Morgan fingerprint density at radius 1 is 0.252 bits per heavy atom. The van der Waals surface area contributed by atoms with Crippen molar-refractivity contribution in [1.29, 1.82) is 0 Å². The van der Waals surface area contributed by atoms with E-state index in [9.17, 15) is 142 Å². The predicted molar refractivity (Wildman–Crippen MR) is 342 cm³/mol. The van der Waals surface area contributed by atoms with Gasteiger partial charge in [0.15, 0.2) is 56.6 Å². The molecule has 0 aromatic rings. The Balaban J connectivity index is 1.09. The van der Waals surface area contributed by atoms with Gasteiger partial charge in [-0.15, -0.1) is 0 Å². The van der Waals surface area contributed by atoms with Crippen molar-refractivity contribution in [2.45, 2.75) is 311 Å². The molecule has 45 atom stereocenters. The number of carbonyl (C=O) groups is 4. The Morgan fingerprint density at radius 3 is 1.07 bits per heavy atom. The van der Waals surface area contributed by atoms with E-state index in [0.29, 0.717) is 0 Å². The quantitative estimate of drug-likeness (QED) is 0.0346. The molecule has 9 heterocycles. The highest BCUT2D eigenvalue weighted by Crippen LogP contribution is 2.41. The molecule has 4 amide bonds. The zero-order chi connectivity index (χ0) is 81.8. The van der Waals surface area contributed by atoms with E-state index in [0.717, 1.165) is 27.7 Å². The van der Waals surface area contributed by atoms with Crippen LogP contribution < -0.4 is 21.3 Å². The highest BCUT2D eigenvalue weighted by molar-refractivity contribution is 5.74. The van der Waals surface area contributed by atoms with E-state index in [1.165, 1.54) is 6.92 Å². The van der Waals surface area contributed by atoms with Crippen molar-refractivity contribution in [3.8, 4) is 0 Å². The van der Waals surface area contributed by atoms with Crippen LogP contribution >= 0.6 is 0 Å². The second-order valence-electron chi connectivity index (χ2n) is 28.1. The second kappa shape index (κ2) is 39.7. The van der Waals surface area contributed by atoms with E-state index in [2.05, 4.69) is 21.3 Å². The topological polar surface area (TPSA) is 759 Å². The monoisotopic (exact) mass is 1620 g/mol. The van der Waals surface area contributed by atoms with E-state index in [-0.39, 0.29) is 0 Å². The minimum Gasteiger partial charge on any atom is -0.394 e. The van der Waals surface area contributed by atoms with E-state index >= 15 is 0 Å². The molecule has 0 spiro atoms. The number of aliphatic hydroxyl groups is 24. The van der Waals surface area contributed by atoms with E-state index in [1.807, 2.05) is 0 Å². The van der Waals surface area contributed by atoms with Crippen LogP contribution in [0.3, 0.4) is 0 Å². The number of aliphatic hydroxyl groups excluding tert-OH is 24. The SMILES string of the molecule is CC(=O)N[C@H]1[C@H](O[C@H]2[C@H](O)[C@@H](NC(C)=O)C(O)O[C@@H]2CO)O[C@H](CO)[C@@H](O[C@@H]2O[C@H](CO[C@H]3O[C@H](CO)[C@@H](O)[C@H](O)[C@@H]3O[C@@H]3O[C@H](CO)[C@@H](O)[C@H](O)[C@H]3NC(C)=O)[C@@H](O)[C@H](O[C@H]3O[C@H](CO)[C@@H](O)[C@H](O)[C@@H]3O[C@@H]3O[C@H](CO)[C@@H](O[C@@H]4O[C@H](CO)[C@H](O)[C@H](O)[C@H]4O)[C@H](O[C@@H]4O[C@@H](C)[C@@H](O)[C@@H](O)[C@@H]4O)[C@H]3NC(C)=O)[C@@H]2O)[C@@H]1O. The van der Waals surface area contributed by atoms with Gasteiger partial charge in [0.25, 0.3) is 0 Å². The van der Waals surface area contributed by atoms with Crippen molar-refractivity contribution in [2.24, 2.45) is 0 Å². The van der Waals surface area contributed by atoms with Crippen LogP contribution in [0.1, 0.15) is 34.6 Å². The summed E-state index contributed by atoms with van der Waals surface area (Å²) in [5, 5.41) is 277. The molecule has 111 heavy (non-hydrogen) atoms. The van der Waals surface area contributed by atoms with Gasteiger partial charge in [0, 0.05) is 27.7 Å². The van der Waals surface area contributed by atoms with Crippen LogP contribution in [0.25, 0.3) is 0 Å². The highest BCUT2D eigenvalue weighted by Gasteiger charge is 2.61. The summed E-state index contributed by atoms with van der Waals surface area (Å²) in [6.07, 6.45) is -85.1. The van der Waals surface area contributed by atoms with Gasteiger partial charge >= 0.3 is 0 Å². The molecular weight excluding hydrogens is 1520 g/mol. The molecule has 0 aromatic carbocycles. The standard InChI is InChI=1S/C62H104N4O45/c1-14-31(78)40(87)44(91)58(96-14)108-50-30(66-18(5)77)57(103-25(12-73)49(50)107-59-45(92)41(88)33(80)20(7-68)99-59)111-53-43(90)35(82)22(9-70)101-62(53)109-51-36(83)26(13-95-61-52(42(89)34(81)21(8-69)100-61)110-55-28(64-16(3)75)37(84)32(79)19(6-67)98-55)104-60(46(51)93)106-48-24(11-72)102-56(29(39(48)86)65-17(4)76)105-47-23(10-71)97-54(94)27(38(47)85)63-15(2)74/h14,19-62,67-73,78-94H,6-13H2,1-5H3,(H,63,74)(H,64,75)(H,65,76)(H,66,77)/t14-,19+,20+,21+,22+,23+,24+,25+,26+,27+,28+,29+,30+,31+,32+,33-,34+,35+,36+,37+,38+,39+,40+,41-,42-,43-,44-,45+,46-,47+,48+,49+,50+,51-,52-,53-,54?,55-,56-,57-,58-,59-,60-,61-,62+/m0/s1. The lowest BCUT2D eigenvalue weighted by molar-refractivity contribution is -0.403. The lowest BCUT2D eigenvalue weighted by atomic mass is 9.93. The Hall–Kier alpha value is -3.76. The average Bonchev–Trinajstić information content (AvgIpc) is 0.764. The largest absolute Gasteiger partial charge is 0.394 e. The van der Waals surface area contributed by atoms with Gasteiger partial charge in [-0.25, -0.2) is 0 Å². The Kier molecular flexibility index (Phi) is 32.6. The smallest absolute Gasteiger partial charge is 0.217 e. The molecule has 642 valence electrons. The molecule has 1 unspecified atom stereocenters. The highest BCUT2D eigenvalue weighted by atomic mass is 16.8. The average molecular weight is 1630 g/mol. The van der Waals surface area contributed by atoms with Crippen molar-refractivity contribution in [3.05, 3.63) is 0 Å². The third-order valence-corrected chi connectivity index (χ3v) is 20.3. The third-order valence-electron chi connectivity index (χ3n) is 20.3. The molecule has 28 N–H and O–H groups in total. The summed E-state index contributed by atoms with van der Waals surface area (Å²) in [4.78, 5) is 51.1. The maximum absolute atomic E-state index is 13.5. The normalized spacial score (nSPS) is 49.3. The minimum atomic E-state index is -2.59. The lowest BCUT2D eigenvalue weighted by Crippen LogP contribution is -2.71. The Morgan fingerprint density at radius 2 is 0.568 bits per heavy atom. The summed E-state index contributed by atoms with van der Waals surface area (Å²) in [7, 11) is 0. The van der Waals surface area contributed by atoms with Crippen molar-refractivity contribution < 1.29 is 222 Å². The van der Waals surface area contributed by atoms with Crippen LogP contribution in [-0.2, 0) is 99.7 Å². The van der Waals surface area contributed by atoms with E-state index in [1.54, 1.807) is 0 Å². The molecular formula is C62H104N4O45. The zero-order valence-corrected chi connectivity index (χ0v) is 59.9. The molecule has 9 fully saturated rings. The maximum atomic E-state index is 13.5. The van der Waals surface area contributed by atoms with Crippen molar-refractivity contribution >= 4 is 23.6 Å². The molecule has 9 saturated heterocycles. The third kappa shape index (κ3) is 20.2. The maximum Gasteiger partial charge on any atom is 0.217 e. The number of nitrogens with one attached hydrogen (secondary N) is 4. The van der Waals surface area contributed by atoms with Gasteiger partial charge in [0.2, 0.25) is 23.6 Å². The first-order chi connectivity index (χ1) is 52.5. The van der Waals surface area contributed by atoms with Crippen molar-refractivity contribution in [2.75, 3.05) is 52.9 Å². The van der Waals surface area contributed by atoms with Gasteiger partial charge in [-0.1, -0.05) is 0 Å². The number of ether oxygens (including phenoxy) is 17. The molecule has 0 saturated carbocycles. The van der Waals surface area contributed by atoms with Gasteiger partial charge in [-0.3, -0.25) is 19.2 Å². The van der Waals surface area contributed by atoms with Gasteiger partial charge in [-0.2, -0.15) is 0 Å². The molecule has 0 aromatic heterocycles. The van der Waals surface area contributed by atoms with Crippen molar-refractivity contribution in [3.63, 3.8) is 0 Å². The van der Waals surface area contributed by atoms with Crippen LogP contribution in [0.2, 0.25) is 0 Å². The number of hydrogen-bond acceptors (Lipinski definition) is 45. The number of amides is 4. The Bertz CT molecular complexity index is 2950. The van der Waals surface area contributed by atoms with Gasteiger partial charge in [0.05, 0.1) is 59.0 Å². The van der Waals surface area contributed by atoms with Crippen LogP contribution in [0.5, 0.6) is 0 Å². The number of rotatable bonds is 28. The van der Waals surface area contributed by atoms with Gasteiger partial charge in [-0.05, 0) is 6.92 Å². The zero-order valence-electron chi connectivity index (χ0n) is 59.9. The van der Waals surface area contributed by atoms with Crippen LogP contribution in [0, 0.1) is 0 Å². The van der Waals surface area contributed by atoms with Crippen LogP contribution in [0.4, 0.5) is 0 Å². The van der Waals surface area contributed by atoms with E-state index < -0.39 is 353 Å². The first-order valence-electron chi connectivity index (χ1n) is 35.5. The predicted octanol–water partition coefficient (Wildman–Crippen LogP) is -19.0. The molecule has 49 heteroatoms. The molecule has 9 aliphatic rings. The molecule has 9 rings (SSSR count). The fourth-order valence-corrected chi connectivity index (χ4v) is 14.4. The second-order valence-corrected chi connectivity index (χ2v) is 28.1. The summed E-state index contributed by atoms with van der Waals surface area (Å²) in [6.45, 7) is -3.75. The first kappa shape index (κ1) is 91.1. The number of carbonyl (C=O) groups excluding carboxylic acids is 4. The molecule has 49 nitrogen and oxygen atoms in total. The first-order valence-corrected chi connectivity index (χ1v) is 35.5. The fourth-order valence-electron chi connectivity index (χ4n) is 14.4. The number of hydrogen-bond donors (Lipinski definition) is 28. The fraction of sp³-hybridized carbons (Fsp3) is 0.935. The van der Waals surface area contributed by atoms with Gasteiger partial charge in [0.1, 0.15) is 213 Å². The summed E-state index contributed by atoms with van der Waals surface area (Å²) in [5.41, 5.74) is 0. The summed E-state index contributed by atoms with van der Waals surface area (Å²) >= 11 is 0. The molecule has 0 aliphatic carbocycles. The van der Waals surface area contributed by atoms with Crippen LogP contribution in [-0.4, -0.2) is 475 Å². The van der Waals surface area contributed by atoms with Crippen molar-refractivity contribution in [1.82, 2.24) is 21.3 Å². The lowest BCUT2D eigenvalue weighted by Gasteiger charge is -2.52.